The van der Waals surface area contributed by atoms with E-state index in [1.54, 1.807) is 0 Å². The number of hydrogen-bond acceptors (Lipinski definition) is 3. The molecule has 0 amide bonds. The van der Waals surface area contributed by atoms with E-state index in [0.29, 0.717) is 17.6 Å². The molecule has 0 saturated heterocycles. The lowest BCUT2D eigenvalue weighted by molar-refractivity contribution is 0.952. The standard InChI is InChI=1S/C47H31N5/c1-4-14-30(15-5-1)34-21-12-22-36(28-34)51-40-25-13-20-31-26-27-35-29-38-37-23-10-11-24-39(37)52(43(38)44(51)42(35)41(31)40)47-49-45(32-16-6-2-7-17-32)48-46(50-47)33-18-8-3-9-19-33/h1-25,28-29H,26-27H2. The van der Waals surface area contributed by atoms with E-state index < -0.39 is 0 Å². The predicted octanol–water partition coefficient (Wildman–Crippen LogP) is 11.2. The first-order chi connectivity index (χ1) is 25.8. The van der Waals surface area contributed by atoms with Crippen molar-refractivity contribution in [3.63, 3.8) is 0 Å². The largest absolute Gasteiger partial charge is 0.307 e. The number of aryl methyl sites for hydroxylation is 2. The lowest BCUT2D eigenvalue weighted by Crippen LogP contribution is -2.07. The van der Waals surface area contributed by atoms with Crippen molar-refractivity contribution in [3.8, 4) is 45.5 Å². The molecule has 5 heteroatoms. The smallest absolute Gasteiger partial charge is 0.238 e. The van der Waals surface area contributed by atoms with Crippen molar-refractivity contribution >= 4 is 43.6 Å². The first-order valence-electron chi connectivity index (χ1n) is 17.8. The van der Waals surface area contributed by atoms with Crippen LogP contribution in [0, 0.1) is 0 Å². The molecule has 1 aliphatic carbocycles. The van der Waals surface area contributed by atoms with Crippen molar-refractivity contribution < 1.29 is 0 Å². The Bertz CT molecular complexity index is 2940. The maximum absolute atomic E-state index is 5.27. The second kappa shape index (κ2) is 11.3. The van der Waals surface area contributed by atoms with E-state index in [0.717, 1.165) is 40.7 Å². The van der Waals surface area contributed by atoms with E-state index in [9.17, 15) is 0 Å². The molecule has 0 radical (unpaired) electrons. The van der Waals surface area contributed by atoms with Crippen molar-refractivity contribution in [1.82, 2.24) is 24.1 Å². The summed E-state index contributed by atoms with van der Waals surface area (Å²) in [5.74, 6) is 1.88. The lowest BCUT2D eigenvalue weighted by atomic mass is 9.90. The maximum atomic E-state index is 5.27. The van der Waals surface area contributed by atoms with Crippen LogP contribution in [-0.4, -0.2) is 24.1 Å². The second-order valence-electron chi connectivity index (χ2n) is 13.6. The number of rotatable bonds is 5. The van der Waals surface area contributed by atoms with Crippen LogP contribution in [0.5, 0.6) is 0 Å². The first kappa shape index (κ1) is 28.9. The van der Waals surface area contributed by atoms with Gasteiger partial charge in [-0.05, 0) is 65.4 Å². The van der Waals surface area contributed by atoms with Gasteiger partial charge < -0.3 is 4.57 Å². The van der Waals surface area contributed by atoms with Gasteiger partial charge in [-0.25, -0.2) is 4.98 Å². The Morgan fingerprint density at radius 1 is 0.385 bits per heavy atom. The second-order valence-corrected chi connectivity index (χ2v) is 13.6. The van der Waals surface area contributed by atoms with E-state index in [2.05, 4.69) is 137 Å². The average molecular weight is 666 g/mol. The molecule has 0 bridgehead atoms. The Kier molecular flexibility index (Phi) is 6.31. The van der Waals surface area contributed by atoms with Gasteiger partial charge in [0.1, 0.15) is 0 Å². The Morgan fingerprint density at radius 2 is 0.981 bits per heavy atom. The van der Waals surface area contributed by atoms with Crippen LogP contribution < -0.4 is 0 Å². The third kappa shape index (κ3) is 4.32. The zero-order valence-electron chi connectivity index (χ0n) is 28.2. The summed E-state index contributed by atoms with van der Waals surface area (Å²) in [5, 5.41) is 5.04. The topological polar surface area (TPSA) is 48.5 Å². The van der Waals surface area contributed by atoms with Gasteiger partial charge in [0.25, 0.3) is 0 Å². The van der Waals surface area contributed by atoms with E-state index in [4.69, 9.17) is 15.0 Å². The van der Waals surface area contributed by atoms with Crippen LogP contribution in [0.25, 0.3) is 89.2 Å². The van der Waals surface area contributed by atoms with Gasteiger partial charge in [0, 0.05) is 38.4 Å². The maximum Gasteiger partial charge on any atom is 0.238 e. The summed E-state index contributed by atoms with van der Waals surface area (Å²) in [6.45, 7) is 0. The van der Waals surface area contributed by atoms with Crippen LogP contribution in [0.4, 0.5) is 0 Å². The molecule has 0 aliphatic heterocycles. The van der Waals surface area contributed by atoms with E-state index in [1.165, 1.54) is 54.8 Å². The van der Waals surface area contributed by atoms with Crippen LogP contribution in [0.2, 0.25) is 0 Å². The Morgan fingerprint density at radius 3 is 1.71 bits per heavy atom. The average Bonchev–Trinajstić information content (AvgIpc) is 3.75. The fourth-order valence-corrected chi connectivity index (χ4v) is 8.34. The molecule has 11 rings (SSSR count). The number of hydrogen-bond donors (Lipinski definition) is 0. The van der Waals surface area contributed by atoms with Gasteiger partial charge in [-0.1, -0.05) is 133 Å². The highest BCUT2D eigenvalue weighted by Gasteiger charge is 2.28. The molecule has 52 heavy (non-hydrogen) atoms. The van der Waals surface area contributed by atoms with Gasteiger partial charge >= 0.3 is 0 Å². The minimum atomic E-state index is 0.597. The van der Waals surface area contributed by atoms with Crippen LogP contribution in [0.3, 0.4) is 0 Å². The van der Waals surface area contributed by atoms with Crippen molar-refractivity contribution in [3.05, 3.63) is 175 Å². The normalized spacial score (nSPS) is 12.5. The number of nitrogens with zero attached hydrogens (tertiary/aromatic N) is 5. The molecule has 0 spiro atoms. The minimum absolute atomic E-state index is 0.597. The van der Waals surface area contributed by atoms with Gasteiger partial charge in [-0.3, -0.25) is 4.57 Å². The molecular formula is C47H31N5. The fourth-order valence-electron chi connectivity index (χ4n) is 8.34. The predicted molar refractivity (Wildman–Crippen MR) is 212 cm³/mol. The molecule has 244 valence electrons. The zero-order chi connectivity index (χ0) is 34.2. The van der Waals surface area contributed by atoms with Crippen LogP contribution in [-0.2, 0) is 12.8 Å². The Balaban J connectivity index is 1.31. The summed E-state index contributed by atoms with van der Waals surface area (Å²) in [4.78, 5) is 15.6. The highest BCUT2D eigenvalue weighted by atomic mass is 15.2. The fraction of sp³-hybridized carbons (Fsp3) is 0.0426. The molecule has 10 aromatic rings. The Labute approximate surface area is 300 Å². The summed E-state index contributed by atoms with van der Waals surface area (Å²) in [6.07, 6.45) is 2.01. The number of aromatic nitrogens is 5. The molecular weight excluding hydrogens is 635 g/mol. The summed E-state index contributed by atoms with van der Waals surface area (Å²) in [7, 11) is 0. The lowest BCUT2D eigenvalue weighted by Gasteiger charge is -2.15. The van der Waals surface area contributed by atoms with E-state index in [1.807, 2.05) is 36.4 Å². The zero-order valence-corrected chi connectivity index (χ0v) is 28.2. The van der Waals surface area contributed by atoms with Crippen molar-refractivity contribution in [2.75, 3.05) is 0 Å². The minimum Gasteiger partial charge on any atom is -0.307 e. The molecule has 3 heterocycles. The molecule has 0 unspecified atom stereocenters. The number of fused-ring (bicyclic) bond motifs is 4. The molecule has 3 aromatic heterocycles. The van der Waals surface area contributed by atoms with Crippen LogP contribution >= 0.6 is 0 Å². The van der Waals surface area contributed by atoms with Gasteiger partial charge in [0.2, 0.25) is 5.95 Å². The Hall–Kier alpha value is -6.85. The van der Waals surface area contributed by atoms with Gasteiger partial charge in [-0.2, -0.15) is 9.97 Å². The molecule has 7 aromatic carbocycles. The number of para-hydroxylation sites is 1. The third-order valence-electron chi connectivity index (χ3n) is 10.6. The number of benzene rings is 7. The summed E-state index contributed by atoms with van der Waals surface area (Å²) < 4.78 is 4.78. The van der Waals surface area contributed by atoms with Crippen molar-refractivity contribution in [2.24, 2.45) is 0 Å². The molecule has 0 fully saturated rings. The monoisotopic (exact) mass is 665 g/mol. The summed E-state index contributed by atoms with van der Waals surface area (Å²) >= 11 is 0. The highest BCUT2D eigenvalue weighted by molar-refractivity contribution is 6.25. The summed E-state index contributed by atoms with van der Waals surface area (Å²) in [6, 6.07) is 58.0. The molecule has 0 saturated carbocycles. The van der Waals surface area contributed by atoms with Crippen molar-refractivity contribution in [1.29, 1.82) is 0 Å². The molecule has 1 aliphatic rings. The highest BCUT2D eigenvalue weighted by Crippen LogP contribution is 2.46. The van der Waals surface area contributed by atoms with Gasteiger partial charge in [-0.15, -0.1) is 0 Å². The van der Waals surface area contributed by atoms with Crippen LogP contribution in [0.15, 0.2) is 164 Å². The first-order valence-corrected chi connectivity index (χ1v) is 17.8. The quantitative estimate of drug-likeness (QED) is 0.184. The summed E-state index contributed by atoms with van der Waals surface area (Å²) in [5.41, 5.74) is 12.7. The van der Waals surface area contributed by atoms with Crippen LogP contribution in [0.1, 0.15) is 11.1 Å². The molecule has 0 atom stereocenters. The van der Waals surface area contributed by atoms with E-state index in [-0.39, 0.29) is 0 Å². The van der Waals surface area contributed by atoms with E-state index >= 15 is 0 Å². The molecule has 0 N–H and O–H groups in total. The SMILES string of the molecule is c1ccc(-c2cccc(-n3c4cccc5c4c4c(cc6c7ccccc7n(-c7nc(-c8ccccc8)nc(-c8ccccc8)n7)c6c43)CC5)c2)cc1. The molecule has 5 nitrogen and oxygen atoms in total. The van der Waals surface area contributed by atoms with Gasteiger partial charge in [0.15, 0.2) is 11.6 Å². The third-order valence-corrected chi connectivity index (χ3v) is 10.6. The van der Waals surface area contributed by atoms with Gasteiger partial charge in [0.05, 0.1) is 22.1 Å². The van der Waals surface area contributed by atoms with Crippen molar-refractivity contribution in [2.45, 2.75) is 12.8 Å².